The highest BCUT2D eigenvalue weighted by atomic mass is 19.4. The minimum Gasteiger partial charge on any atom is -0.365 e. The van der Waals surface area contributed by atoms with Crippen LogP contribution >= 0.6 is 0 Å². The Morgan fingerprint density at radius 3 is 2.58 bits per heavy atom. The first-order valence-electron chi connectivity index (χ1n) is 9.91. The molecule has 31 heavy (non-hydrogen) atoms. The van der Waals surface area contributed by atoms with E-state index in [1.54, 1.807) is 29.1 Å². The number of benzene rings is 1. The fourth-order valence-corrected chi connectivity index (χ4v) is 3.82. The lowest BCUT2D eigenvalue weighted by Gasteiger charge is -2.46. The molecule has 0 radical (unpaired) electrons. The van der Waals surface area contributed by atoms with Gasteiger partial charge in [0.1, 0.15) is 0 Å². The van der Waals surface area contributed by atoms with Gasteiger partial charge in [-0.1, -0.05) is 6.07 Å². The van der Waals surface area contributed by atoms with Gasteiger partial charge in [0.15, 0.2) is 0 Å². The van der Waals surface area contributed by atoms with Gasteiger partial charge in [0, 0.05) is 44.1 Å². The van der Waals surface area contributed by atoms with Crippen molar-refractivity contribution in [2.75, 3.05) is 25.0 Å². The van der Waals surface area contributed by atoms with Crippen molar-refractivity contribution in [3.8, 4) is 6.07 Å². The normalized spacial score (nSPS) is 19.1. The van der Waals surface area contributed by atoms with Crippen LogP contribution in [0.1, 0.15) is 30.7 Å². The molecule has 0 N–H and O–H groups in total. The molecule has 6 nitrogen and oxygen atoms in total. The predicted octanol–water partition coefficient (Wildman–Crippen LogP) is 4.12. The molecular formula is C22H24F3N5O. The van der Waals surface area contributed by atoms with Gasteiger partial charge in [0.25, 0.3) is 0 Å². The minimum atomic E-state index is -4.61. The van der Waals surface area contributed by atoms with Crippen LogP contribution in [0.15, 0.2) is 42.6 Å². The first-order chi connectivity index (χ1) is 14.6. The van der Waals surface area contributed by atoms with Gasteiger partial charge in [-0.15, -0.1) is 0 Å². The average Bonchev–Trinajstić information content (AvgIpc) is 2.74. The van der Waals surface area contributed by atoms with Crippen molar-refractivity contribution in [1.82, 2.24) is 14.8 Å². The van der Waals surface area contributed by atoms with E-state index in [0.29, 0.717) is 25.3 Å². The zero-order valence-corrected chi connectivity index (χ0v) is 17.6. The third kappa shape index (κ3) is 4.90. The summed E-state index contributed by atoms with van der Waals surface area (Å²) in [6, 6.07) is 10.3. The maximum absolute atomic E-state index is 13.4. The van der Waals surface area contributed by atoms with E-state index in [0.717, 1.165) is 11.8 Å². The first-order valence-corrected chi connectivity index (χ1v) is 9.91. The first kappa shape index (κ1) is 22.4. The Hall–Kier alpha value is -3.28. The summed E-state index contributed by atoms with van der Waals surface area (Å²) in [5, 5.41) is 9.01. The van der Waals surface area contributed by atoms with Gasteiger partial charge in [-0.05, 0) is 44.2 Å². The van der Waals surface area contributed by atoms with E-state index < -0.39 is 17.3 Å². The molecule has 0 bridgehead atoms. The summed E-state index contributed by atoms with van der Waals surface area (Å²) in [5.41, 5.74) is -0.183. The number of anilines is 1. The van der Waals surface area contributed by atoms with Crippen molar-refractivity contribution in [3.05, 3.63) is 59.4 Å². The number of halogens is 3. The van der Waals surface area contributed by atoms with E-state index in [4.69, 9.17) is 5.26 Å². The van der Waals surface area contributed by atoms with Crippen LogP contribution in [0, 0.1) is 11.3 Å². The van der Waals surface area contributed by atoms with E-state index in [1.165, 1.54) is 12.1 Å². The smallest absolute Gasteiger partial charge is 0.365 e. The number of urea groups is 1. The molecule has 0 unspecified atom stereocenters. The Morgan fingerprint density at radius 2 is 1.97 bits per heavy atom. The number of piperazine rings is 1. The molecule has 1 aliphatic rings. The highest BCUT2D eigenvalue weighted by Gasteiger charge is 2.37. The zero-order chi connectivity index (χ0) is 22.8. The molecule has 2 atom stereocenters. The fourth-order valence-electron chi connectivity index (χ4n) is 3.82. The second kappa shape index (κ2) is 8.84. The molecule has 3 rings (SSSR count). The van der Waals surface area contributed by atoms with Crippen molar-refractivity contribution in [2.45, 2.75) is 38.7 Å². The third-order valence-corrected chi connectivity index (χ3v) is 5.44. The molecule has 2 aromatic rings. The van der Waals surface area contributed by atoms with Gasteiger partial charge in [-0.3, -0.25) is 4.98 Å². The van der Waals surface area contributed by atoms with Crippen molar-refractivity contribution < 1.29 is 18.0 Å². The van der Waals surface area contributed by atoms with Gasteiger partial charge in [-0.2, -0.15) is 18.4 Å². The lowest BCUT2D eigenvalue weighted by atomic mass is 10.0. The molecule has 1 aromatic heterocycles. The number of carbonyl (C=O) groups excluding carboxylic acids is 1. The molecule has 1 fully saturated rings. The van der Waals surface area contributed by atoms with Crippen molar-refractivity contribution in [3.63, 3.8) is 0 Å². The second-order valence-corrected chi connectivity index (χ2v) is 7.80. The van der Waals surface area contributed by atoms with Crippen LogP contribution in [-0.2, 0) is 12.7 Å². The predicted molar refractivity (Wildman–Crippen MR) is 110 cm³/mol. The summed E-state index contributed by atoms with van der Waals surface area (Å²) in [5.74, 6) is 0. The third-order valence-electron chi connectivity index (χ3n) is 5.44. The quantitative estimate of drug-likeness (QED) is 0.733. The number of amides is 2. The van der Waals surface area contributed by atoms with E-state index in [2.05, 4.69) is 4.98 Å². The van der Waals surface area contributed by atoms with E-state index in [-0.39, 0.29) is 18.1 Å². The molecule has 1 aliphatic heterocycles. The highest BCUT2D eigenvalue weighted by molar-refractivity contribution is 5.75. The number of hydrogen-bond acceptors (Lipinski definition) is 4. The molecule has 164 valence electrons. The molecule has 1 aromatic carbocycles. The largest absolute Gasteiger partial charge is 0.417 e. The van der Waals surface area contributed by atoms with Crippen LogP contribution in [0.3, 0.4) is 0 Å². The molecule has 2 heterocycles. The van der Waals surface area contributed by atoms with Gasteiger partial charge in [0.05, 0.1) is 29.4 Å². The van der Waals surface area contributed by atoms with Gasteiger partial charge in [0.2, 0.25) is 0 Å². The molecule has 1 saturated heterocycles. The van der Waals surface area contributed by atoms with E-state index in [1.807, 2.05) is 36.9 Å². The molecule has 9 heteroatoms. The summed E-state index contributed by atoms with van der Waals surface area (Å²) in [6.07, 6.45) is -2.94. The Balaban J connectivity index is 1.75. The number of pyridine rings is 1. The van der Waals surface area contributed by atoms with E-state index >= 15 is 0 Å². The molecule has 0 saturated carbocycles. The monoisotopic (exact) mass is 431 g/mol. The topological polar surface area (TPSA) is 63.5 Å². The number of nitriles is 1. The molecule has 0 spiro atoms. The SMILES string of the molecule is C[C@@H]1CN(c2ccc(C#N)c(C(F)(F)F)c2)[C@@H](C)CN1C(=O)N(C)Cc1ccccn1. The highest BCUT2D eigenvalue weighted by Crippen LogP contribution is 2.35. The lowest BCUT2D eigenvalue weighted by Crippen LogP contribution is -2.60. The Morgan fingerprint density at radius 1 is 1.23 bits per heavy atom. The van der Waals surface area contributed by atoms with Crippen molar-refractivity contribution in [2.24, 2.45) is 0 Å². The van der Waals surface area contributed by atoms with Crippen LogP contribution in [0.4, 0.5) is 23.7 Å². The summed E-state index contributed by atoms with van der Waals surface area (Å²) in [7, 11) is 1.71. The van der Waals surface area contributed by atoms with Crippen LogP contribution in [0.2, 0.25) is 0 Å². The summed E-state index contributed by atoms with van der Waals surface area (Å²) in [4.78, 5) is 22.4. The molecule has 0 aliphatic carbocycles. The number of nitrogens with zero attached hydrogens (tertiary/aromatic N) is 5. The van der Waals surface area contributed by atoms with Crippen molar-refractivity contribution in [1.29, 1.82) is 5.26 Å². The van der Waals surface area contributed by atoms with E-state index in [9.17, 15) is 18.0 Å². The van der Waals surface area contributed by atoms with Gasteiger partial charge >= 0.3 is 12.2 Å². The van der Waals surface area contributed by atoms with Gasteiger partial charge < -0.3 is 14.7 Å². The van der Waals surface area contributed by atoms with Crippen LogP contribution in [0.25, 0.3) is 0 Å². The second-order valence-electron chi connectivity index (χ2n) is 7.80. The van der Waals surface area contributed by atoms with Crippen LogP contribution < -0.4 is 4.90 Å². The maximum atomic E-state index is 13.4. The Bertz CT molecular complexity index is 973. The molecular weight excluding hydrogens is 407 g/mol. The number of rotatable bonds is 3. The Kier molecular flexibility index (Phi) is 6.39. The van der Waals surface area contributed by atoms with Crippen LogP contribution in [0.5, 0.6) is 0 Å². The Labute approximate surface area is 179 Å². The number of hydrogen-bond donors (Lipinski definition) is 0. The average molecular weight is 431 g/mol. The summed E-state index contributed by atoms with van der Waals surface area (Å²) >= 11 is 0. The summed E-state index contributed by atoms with van der Waals surface area (Å²) in [6.45, 7) is 4.86. The minimum absolute atomic E-state index is 0.152. The standard InChI is InChI=1S/C22H24F3N5O/c1-15-13-30(21(31)28(3)14-18-6-4-5-9-27-18)16(2)12-29(15)19-8-7-17(11-26)20(10-19)22(23,24)25/h4-10,15-16H,12-14H2,1-3H3/t15-,16+/m0/s1. The van der Waals surface area contributed by atoms with Gasteiger partial charge in [-0.25, -0.2) is 4.79 Å². The maximum Gasteiger partial charge on any atom is 0.417 e. The van der Waals surface area contributed by atoms with Crippen LogP contribution in [-0.4, -0.2) is 53.0 Å². The fraction of sp³-hybridized carbons (Fsp3) is 0.409. The molecule has 2 amide bonds. The number of carbonyl (C=O) groups is 1. The lowest BCUT2D eigenvalue weighted by molar-refractivity contribution is -0.137. The number of alkyl halides is 3. The summed E-state index contributed by atoms with van der Waals surface area (Å²) < 4.78 is 40.1. The van der Waals surface area contributed by atoms with Crippen molar-refractivity contribution >= 4 is 11.7 Å². The number of aromatic nitrogens is 1. The zero-order valence-electron chi connectivity index (χ0n) is 17.6.